The number of hydrazine groups is 1. The first kappa shape index (κ1) is 13.7. The number of nitrogens with two attached hydrogens (primary N) is 1. The molecule has 2 aromatic heterocycles. The van der Waals surface area contributed by atoms with Crippen LogP contribution in [0, 0.1) is 0 Å². The lowest BCUT2D eigenvalue weighted by molar-refractivity contribution is 0.526. The van der Waals surface area contributed by atoms with E-state index >= 15 is 0 Å². The third-order valence-electron chi connectivity index (χ3n) is 2.55. The van der Waals surface area contributed by atoms with Crippen LogP contribution in [0.15, 0.2) is 33.5 Å². The molecule has 1 atom stereocenters. The fourth-order valence-electron chi connectivity index (χ4n) is 1.70. The molecule has 0 aromatic carbocycles. The number of aromatic nitrogens is 3. The Labute approximate surface area is 122 Å². The molecule has 0 saturated carbocycles. The molecule has 0 aliphatic heterocycles. The smallest absolute Gasteiger partial charge is 0.0733 e. The van der Waals surface area contributed by atoms with Gasteiger partial charge in [-0.05, 0) is 44.0 Å². The number of pyridine rings is 1. The van der Waals surface area contributed by atoms with Crippen molar-refractivity contribution in [1.29, 1.82) is 0 Å². The summed E-state index contributed by atoms with van der Waals surface area (Å²) in [5, 5.41) is 4.34. The van der Waals surface area contributed by atoms with Gasteiger partial charge in [0.2, 0.25) is 0 Å². The van der Waals surface area contributed by atoms with Crippen LogP contribution in [-0.2, 0) is 13.5 Å². The normalized spacial score (nSPS) is 12.7. The summed E-state index contributed by atoms with van der Waals surface area (Å²) in [4.78, 5) is 4.38. The zero-order valence-corrected chi connectivity index (χ0v) is 12.9. The molecule has 0 saturated heterocycles. The first-order chi connectivity index (χ1) is 8.60. The number of nitrogens with zero attached hydrogens (tertiary/aromatic N) is 3. The second-order valence-electron chi connectivity index (χ2n) is 3.92. The van der Waals surface area contributed by atoms with Gasteiger partial charge < -0.3 is 0 Å². The van der Waals surface area contributed by atoms with E-state index < -0.39 is 0 Å². The lowest BCUT2D eigenvalue weighted by Crippen LogP contribution is -2.30. The molecule has 0 aliphatic rings. The highest BCUT2D eigenvalue weighted by Gasteiger charge is 2.16. The highest BCUT2D eigenvalue weighted by molar-refractivity contribution is 9.11. The number of aryl methyl sites for hydroxylation is 1. The lowest BCUT2D eigenvalue weighted by atomic mass is 10.1. The van der Waals surface area contributed by atoms with E-state index in [1.165, 1.54) is 0 Å². The number of hydrogen-bond donors (Lipinski definition) is 2. The molecular weight excluding hydrogens is 362 g/mol. The first-order valence-electron chi connectivity index (χ1n) is 5.35. The van der Waals surface area contributed by atoms with Crippen LogP contribution in [0.25, 0.3) is 0 Å². The standard InChI is InChI=1S/C11H13Br2N5/c1-18-3-2-8(17-18)5-10(16-14)11-9(13)4-7(12)6-15-11/h2-4,6,10,16H,5,14H2,1H3. The van der Waals surface area contributed by atoms with Gasteiger partial charge >= 0.3 is 0 Å². The second-order valence-corrected chi connectivity index (χ2v) is 5.69. The zero-order chi connectivity index (χ0) is 13.1. The van der Waals surface area contributed by atoms with Crippen LogP contribution in [0.5, 0.6) is 0 Å². The van der Waals surface area contributed by atoms with Crippen molar-refractivity contribution in [3.05, 3.63) is 44.9 Å². The van der Waals surface area contributed by atoms with Crippen LogP contribution in [0.3, 0.4) is 0 Å². The summed E-state index contributed by atoms with van der Waals surface area (Å²) in [6.07, 6.45) is 4.35. The maximum atomic E-state index is 5.61. The Morgan fingerprint density at radius 2 is 2.28 bits per heavy atom. The zero-order valence-electron chi connectivity index (χ0n) is 9.77. The van der Waals surface area contributed by atoms with E-state index in [0.29, 0.717) is 6.42 Å². The van der Waals surface area contributed by atoms with Crippen molar-refractivity contribution in [3.63, 3.8) is 0 Å². The van der Waals surface area contributed by atoms with Gasteiger partial charge in [-0.2, -0.15) is 5.10 Å². The number of halogens is 2. The van der Waals surface area contributed by atoms with Crippen molar-refractivity contribution >= 4 is 31.9 Å². The van der Waals surface area contributed by atoms with E-state index in [0.717, 1.165) is 20.3 Å². The summed E-state index contributed by atoms with van der Waals surface area (Å²) in [5.74, 6) is 5.61. The highest BCUT2D eigenvalue weighted by atomic mass is 79.9. The van der Waals surface area contributed by atoms with Gasteiger partial charge in [-0.25, -0.2) is 0 Å². The number of nitrogens with one attached hydrogen (secondary N) is 1. The van der Waals surface area contributed by atoms with Crippen LogP contribution < -0.4 is 11.3 Å². The van der Waals surface area contributed by atoms with Crippen molar-refractivity contribution in [2.45, 2.75) is 12.5 Å². The summed E-state index contributed by atoms with van der Waals surface area (Å²) in [6, 6.07) is 3.84. The first-order valence-corrected chi connectivity index (χ1v) is 6.94. The van der Waals surface area contributed by atoms with Gasteiger partial charge in [0.05, 0.1) is 17.4 Å². The summed E-state index contributed by atoms with van der Waals surface area (Å²) >= 11 is 6.87. The van der Waals surface area contributed by atoms with E-state index in [1.807, 2.05) is 25.4 Å². The van der Waals surface area contributed by atoms with Crippen LogP contribution in [0.4, 0.5) is 0 Å². The fraction of sp³-hybridized carbons (Fsp3) is 0.273. The van der Waals surface area contributed by atoms with Gasteiger partial charge in [-0.15, -0.1) is 0 Å². The molecule has 0 fully saturated rings. The predicted octanol–water partition coefficient (Wildman–Crippen LogP) is 2.09. The molecule has 3 N–H and O–H groups in total. The van der Waals surface area contributed by atoms with E-state index in [1.54, 1.807) is 10.9 Å². The Morgan fingerprint density at radius 3 is 2.83 bits per heavy atom. The minimum atomic E-state index is -0.0811. The largest absolute Gasteiger partial charge is 0.276 e. The van der Waals surface area contributed by atoms with Gasteiger partial charge in [0.25, 0.3) is 0 Å². The summed E-state index contributed by atoms with van der Waals surface area (Å²) in [5.41, 5.74) is 4.62. The molecule has 2 rings (SSSR count). The number of hydrogen-bond acceptors (Lipinski definition) is 4. The molecule has 0 amide bonds. The molecule has 0 bridgehead atoms. The predicted molar refractivity (Wildman–Crippen MR) is 76.6 cm³/mol. The average molecular weight is 375 g/mol. The Morgan fingerprint density at radius 1 is 1.50 bits per heavy atom. The molecule has 2 heterocycles. The Bertz CT molecular complexity index is 540. The van der Waals surface area contributed by atoms with Crippen LogP contribution in [-0.4, -0.2) is 14.8 Å². The Hall–Kier alpha value is -0.760. The average Bonchev–Trinajstić information content (AvgIpc) is 2.72. The van der Waals surface area contributed by atoms with Gasteiger partial charge in [-0.1, -0.05) is 0 Å². The van der Waals surface area contributed by atoms with Crippen molar-refractivity contribution in [3.8, 4) is 0 Å². The summed E-state index contributed by atoms with van der Waals surface area (Å²) in [6.45, 7) is 0. The van der Waals surface area contributed by atoms with Gasteiger partial charge in [-0.3, -0.25) is 20.9 Å². The van der Waals surface area contributed by atoms with E-state index in [2.05, 4.69) is 47.4 Å². The maximum absolute atomic E-state index is 5.61. The third kappa shape index (κ3) is 3.17. The quantitative estimate of drug-likeness (QED) is 0.635. The molecule has 2 aromatic rings. The minimum Gasteiger partial charge on any atom is -0.276 e. The molecule has 1 unspecified atom stereocenters. The molecule has 0 aliphatic carbocycles. The molecule has 0 radical (unpaired) electrons. The summed E-state index contributed by atoms with van der Waals surface area (Å²) < 4.78 is 3.61. The molecule has 18 heavy (non-hydrogen) atoms. The molecule has 0 spiro atoms. The van der Waals surface area contributed by atoms with Crippen molar-refractivity contribution in [2.75, 3.05) is 0 Å². The van der Waals surface area contributed by atoms with E-state index in [4.69, 9.17) is 5.84 Å². The third-order valence-corrected chi connectivity index (χ3v) is 3.62. The van der Waals surface area contributed by atoms with Gasteiger partial charge in [0.15, 0.2) is 0 Å². The van der Waals surface area contributed by atoms with Crippen molar-refractivity contribution in [2.24, 2.45) is 12.9 Å². The molecule has 96 valence electrons. The molecular formula is C11H13Br2N5. The fourth-order valence-corrected chi connectivity index (χ4v) is 2.96. The Balaban J connectivity index is 2.22. The van der Waals surface area contributed by atoms with Crippen LogP contribution in [0.2, 0.25) is 0 Å². The van der Waals surface area contributed by atoms with Crippen molar-refractivity contribution < 1.29 is 0 Å². The van der Waals surface area contributed by atoms with Crippen molar-refractivity contribution in [1.82, 2.24) is 20.2 Å². The molecule has 7 heteroatoms. The summed E-state index contributed by atoms with van der Waals surface area (Å²) in [7, 11) is 1.89. The van der Waals surface area contributed by atoms with Crippen LogP contribution >= 0.6 is 31.9 Å². The Kier molecular flexibility index (Phi) is 4.50. The van der Waals surface area contributed by atoms with Gasteiger partial charge in [0, 0.05) is 34.8 Å². The molecule has 5 nitrogen and oxygen atoms in total. The topological polar surface area (TPSA) is 68.8 Å². The minimum absolute atomic E-state index is 0.0811. The monoisotopic (exact) mass is 373 g/mol. The second kappa shape index (κ2) is 5.92. The van der Waals surface area contributed by atoms with E-state index in [-0.39, 0.29) is 6.04 Å². The van der Waals surface area contributed by atoms with Gasteiger partial charge in [0.1, 0.15) is 0 Å². The highest BCUT2D eigenvalue weighted by Crippen LogP contribution is 2.26. The number of rotatable bonds is 4. The maximum Gasteiger partial charge on any atom is 0.0733 e. The van der Waals surface area contributed by atoms with Crippen LogP contribution in [0.1, 0.15) is 17.4 Å². The lowest BCUT2D eigenvalue weighted by Gasteiger charge is -2.15. The SMILES string of the molecule is Cn1ccc(CC(NN)c2ncc(Br)cc2Br)n1. The van der Waals surface area contributed by atoms with E-state index in [9.17, 15) is 0 Å².